The first-order valence-corrected chi connectivity index (χ1v) is 13.3. The predicted octanol–water partition coefficient (Wildman–Crippen LogP) is 5.84. The van der Waals surface area contributed by atoms with Gasteiger partial charge in [0.15, 0.2) is 5.13 Å². The molecule has 5 aliphatic rings. The van der Waals surface area contributed by atoms with Crippen LogP contribution in [-0.4, -0.2) is 42.6 Å². The van der Waals surface area contributed by atoms with E-state index in [1.807, 2.05) is 6.20 Å². The third kappa shape index (κ3) is 2.56. The maximum atomic E-state index is 4.58. The average molecular weight is 426 g/mol. The van der Waals surface area contributed by atoms with E-state index in [9.17, 15) is 0 Å². The maximum Gasteiger partial charge on any atom is 0.185 e. The van der Waals surface area contributed by atoms with E-state index in [2.05, 4.69) is 54.2 Å². The molecule has 1 spiro atoms. The quantitative estimate of drug-likeness (QED) is 0.555. The summed E-state index contributed by atoms with van der Waals surface area (Å²) < 4.78 is 0. The fourth-order valence-electron chi connectivity index (χ4n) is 9.32. The van der Waals surface area contributed by atoms with E-state index in [4.69, 9.17) is 0 Å². The molecule has 0 bridgehead atoms. The number of hydrogen-bond donors (Lipinski definition) is 0. The molecule has 0 aromatic carbocycles. The van der Waals surface area contributed by atoms with E-state index in [-0.39, 0.29) is 0 Å². The summed E-state index contributed by atoms with van der Waals surface area (Å²) in [5, 5.41) is 3.30. The van der Waals surface area contributed by atoms with Crippen molar-refractivity contribution in [3.63, 3.8) is 0 Å². The molecule has 1 saturated heterocycles. The van der Waals surface area contributed by atoms with Gasteiger partial charge < -0.3 is 9.80 Å². The molecule has 1 aliphatic heterocycles. The zero-order valence-corrected chi connectivity index (χ0v) is 20.1. The summed E-state index contributed by atoms with van der Waals surface area (Å²) in [6.07, 6.45) is 16.0. The first-order valence-electron chi connectivity index (χ1n) is 12.5. The zero-order valence-electron chi connectivity index (χ0n) is 19.3. The van der Waals surface area contributed by atoms with E-state index in [1.165, 1.54) is 63.0 Å². The Kier molecular flexibility index (Phi) is 4.49. The van der Waals surface area contributed by atoms with Gasteiger partial charge in [-0.2, -0.15) is 0 Å². The maximum absolute atomic E-state index is 4.58. The Morgan fingerprint density at radius 2 is 1.97 bits per heavy atom. The van der Waals surface area contributed by atoms with Crippen LogP contribution in [0.4, 0.5) is 5.13 Å². The fourth-order valence-corrected chi connectivity index (χ4v) is 10.0. The molecule has 0 unspecified atom stereocenters. The second kappa shape index (κ2) is 6.81. The Balaban J connectivity index is 1.26. The van der Waals surface area contributed by atoms with Gasteiger partial charge in [0.1, 0.15) is 0 Å². The second-order valence-corrected chi connectivity index (χ2v) is 12.6. The SMILES string of the molecule is C[C@H]1[C@H]2CC[C@H]3[C@@H]4CC=C5C[C@@H](N(C)c6nccs6)CC[C@]5(C)[C@H]4CC[C@]23CN1C. The van der Waals surface area contributed by atoms with Crippen molar-refractivity contribution in [2.24, 2.45) is 34.5 Å². The molecule has 3 saturated carbocycles. The van der Waals surface area contributed by atoms with Gasteiger partial charge >= 0.3 is 0 Å². The van der Waals surface area contributed by atoms with Crippen LogP contribution in [0, 0.1) is 34.5 Å². The molecule has 0 N–H and O–H groups in total. The van der Waals surface area contributed by atoms with Crippen molar-refractivity contribution in [3.8, 4) is 0 Å². The Labute approximate surface area is 186 Å². The molecule has 1 aromatic heterocycles. The molecule has 6 rings (SSSR count). The third-order valence-electron chi connectivity index (χ3n) is 11.0. The standard InChI is InChI=1S/C26H39N3S/c1-17-21-7-8-23-20-6-5-18-15-19(29(4)24-27-13-14-30-24)9-11-25(18,2)22(20)10-12-26(21,23)16-28(17)3/h5,13-14,17,19-23H,6-12,15-16H2,1-4H3/t17-,19-,20+,21+,22-,23-,25-,26-/m0/s1. The molecular weight excluding hydrogens is 386 g/mol. The first-order chi connectivity index (χ1) is 14.4. The van der Waals surface area contributed by atoms with Crippen LogP contribution in [0.3, 0.4) is 0 Å². The van der Waals surface area contributed by atoms with Crippen LogP contribution in [0.2, 0.25) is 0 Å². The number of anilines is 1. The lowest BCUT2D eigenvalue weighted by Crippen LogP contribution is -2.52. The molecule has 3 nitrogen and oxygen atoms in total. The summed E-state index contributed by atoms with van der Waals surface area (Å²) in [6, 6.07) is 1.43. The number of nitrogens with zero attached hydrogens (tertiary/aromatic N) is 3. The summed E-state index contributed by atoms with van der Waals surface area (Å²) in [4.78, 5) is 9.74. The number of aromatic nitrogens is 1. The molecule has 164 valence electrons. The lowest BCUT2D eigenvalue weighted by Gasteiger charge is -2.58. The number of thiazole rings is 1. The summed E-state index contributed by atoms with van der Waals surface area (Å²) in [6.45, 7) is 6.54. The topological polar surface area (TPSA) is 19.4 Å². The van der Waals surface area contributed by atoms with E-state index in [0.717, 1.165) is 29.7 Å². The summed E-state index contributed by atoms with van der Waals surface area (Å²) in [7, 11) is 4.65. The Bertz CT molecular complexity index is 833. The van der Waals surface area contributed by atoms with E-state index >= 15 is 0 Å². The number of fused-ring (bicyclic) bond motifs is 4. The highest BCUT2D eigenvalue weighted by molar-refractivity contribution is 7.13. The van der Waals surface area contributed by atoms with E-state index in [0.29, 0.717) is 16.9 Å². The lowest BCUT2D eigenvalue weighted by molar-refractivity contribution is -0.0398. The minimum atomic E-state index is 0.457. The fraction of sp³-hybridized carbons (Fsp3) is 0.808. The lowest BCUT2D eigenvalue weighted by atomic mass is 9.47. The van der Waals surface area contributed by atoms with Crippen molar-refractivity contribution in [3.05, 3.63) is 23.2 Å². The van der Waals surface area contributed by atoms with Crippen LogP contribution in [0.1, 0.15) is 65.2 Å². The monoisotopic (exact) mass is 425 g/mol. The molecule has 30 heavy (non-hydrogen) atoms. The molecule has 0 radical (unpaired) electrons. The van der Waals surface area contributed by atoms with Crippen LogP contribution in [-0.2, 0) is 0 Å². The smallest absolute Gasteiger partial charge is 0.185 e. The van der Waals surface area contributed by atoms with Gasteiger partial charge in [-0.3, -0.25) is 0 Å². The van der Waals surface area contributed by atoms with Crippen LogP contribution < -0.4 is 4.90 Å². The van der Waals surface area contributed by atoms with Gasteiger partial charge in [-0.15, -0.1) is 11.3 Å². The Hall–Kier alpha value is -0.870. The van der Waals surface area contributed by atoms with Crippen molar-refractivity contribution in [2.75, 3.05) is 25.5 Å². The minimum absolute atomic E-state index is 0.457. The minimum Gasteiger partial charge on any atom is -0.348 e. The van der Waals surface area contributed by atoms with E-state index in [1.54, 1.807) is 16.9 Å². The van der Waals surface area contributed by atoms with Gasteiger partial charge in [-0.1, -0.05) is 18.6 Å². The zero-order chi connectivity index (χ0) is 20.7. The van der Waals surface area contributed by atoms with Crippen LogP contribution in [0.5, 0.6) is 0 Å². The van der Waals surface area contributed by atoms with E-state index < -0.39 is 0 Å². The highest BCUT2D eigenvalue weighted by Crippen LogP contribution is 2.68. The van der Waals surface area contributed by atoms with Crippen molar-refractivity contribution in [1.29, 1.82) is 0 Å². The Morgan fingerprint density at radius 3 is 2.77 bits per heavy atom. The first kappa shape index (κ1) is 19.8. The molecule has 8 atom stereocenters. The molecule has 4 fully saturated rings. The number of likely N-dealkylation sites (tertiary alicyclic amines) is 1. The molecule has 4 aliphatic carbocycles. The van der Waals surface area contributed by atoms with Crippen molar-refractivity contribution < 1.29 is 0 Å². The van der Waals surface area contributed by atoms with Gasteiger partial charge in [0.05, 0.1) is 0 Å². The molecular formula is C26H39N3S. The second-order valence-electron chi connectivity index (χ2n) is 11.7. The molecule has 4 heteroatoms. The Morgan fingerprint density at radius 1 is 1.13 bits per heavy atom. The highest BCUT2D eigenvalue weighted by Gasteiger charge is 2.64. The van der Waals surface area contributed by atoms with Crippen molar-refractivity contribution in [1.82, 2.24) is 9.88 Å². The molecule has 2 heterocycles. The van der Waals surface area contributed by atoms with Gasteiger partial charge in [0, 0.05) is 37.3 Å². The molecule has 1 aromatic rings. The summed E-state index contributed by atoms with van der Waals surface area (Å²) in [5.74, 6) is 3.83. The van der Waals surface area contributed by atoms with Crippen LogP contribution >= 0.6 is 11.3 Å². The largest absolute Gasteiger partial charge is 0.348 e. The highest BCUT2D eigenvalue weighted by atomic mass is 32.1. The van der Waals surface area contributed by atoms with Crippen LogP contribution in [0.15, 0.2) is 23.2 Å². The summed E-state index contributed by atoms with van der Waals surface area (Å²) >= 11 is 1.78. The normalized spacial score (nSPS) is 47.8. The van der Waals surface area contributed by atoms with Gasteiger partial charge in [-0.05, 0) is 99.8 Å². The predicted molar refractivity (Wildman–Crippen MR) is 126 cm³/mol. The van der Waals surface area contributed by atoms with Crippen molar-refractivity contribution in [2.45, 2.75) is 77.3 Å². The van der Waals surface area contributed by atoms with Gasteiger partial charge in [-0.25, -0.2) is 4.98 Å². The number of rotatable bonds is 2. The average Bonchev–Trinajstić information content (AvgIpc) is 3.44. The number of hydrogen-bond acceptors (Lipinski definition) is 4. The summed E-state index contributed by atoms with van der Waals surface area (Å²) in [5.41, 5.74) is 2.91. The molecule has 0 amide bonds. The van der Waals surface area contributed by atoms with Gasteiger partial charge in [0.25, 0.3) is 0 Å². The van der Waals surface area contributed by atoms with Crippen molar-refractivity contribution >= 4 is 16.5 Å². The third-order valence-corrected chi connectivity index (χ3v) is 11.8. The van der Waals surface area contributed by atoms with Gasteiger partial charge in [0.2, 0.25) is 0 Å². The van der Waals surface area contributed by atoms with Crippen LogP contribution in [0.25, 0.3) is 0 Å². The number of allylic oxidation sites excluding steroid dienone is 1.